The molecule has 0 fully saturated rings. The van der Waals surface area contributed by atoms with Gasteiger partial charge in [0.05, 0.1) is 19.1 Å². The fraction of sp³-hybridized carbons (Fsp3) is 0.278. The van der Waals surface area contributed by atoms with E-state index in [0.717, 1.165) is 30.6 Å². The third-order valence-electron chi connectivity index (χ3n) is 3.45. The van der Waals surface area contributed by atoms with Crippen molar-refractivity contribution in [2.45, 2.75) is 25.2 Å². The summed E-state index contributed by atoms with van der Waals surface area (Å²) in [4.78, 5) is 0. The summed E-state index contributed by atoms with van der Waals surface area (Å²) in [6.45, 7) is 0. The van der Waals surface area contributed by atoms with Gasteiger partial charge in [0.25, 0.3) is 0 Å². The summed E-state index contributed by atoms with van der Waals surface area (Å²) in [5.41, 5.74) is 2.37. The van der Waals surface area contributed by atoms with Gasteiger partial charge in [0.2, 0.25) is 0 Å². The molecule has 0 N–H and O–H groups in total. The molecule has 0 spiro atoms. The van der Waals surface area contributed by atoms with E-state index in [-0.39, 0.29) is 5.92 Å². The van der Waals surface area contributed by atoms with Crippen LogP contribution in [0.15, 0.2) is 54.6 Å². The van der Waals surface area contributed by atoms with E-state index in [2.05, 4.69) is 30.3 Å². The average molecular weight is 265 g/mol. The lowest BCUT2D eigenvalue weighted by Gasteiger charge is -2.10. The van der Waals surface area contributed by atoms with Crippen molar-refractivity contribution in [1.82, 2.24) is 0 Å². The van der Waals surface area contributed by atoms with Gasteiger partial charge in [-0.05, 0) is 42.5 Å². The molecule has 0 aromatic heterocycles. The highest BCUT2D eigenvalue weighted by atomic mass is 16.5. The van der Waals surface area contributed by atoms with Crippen LogP contribution in [0.4, 0.5) is 0 Å². The summed E-state index contributed by atoms with van der Waals surface area (Å²) in [7, 11) is 1.65. The molecule has 2 aromatic rings. The largest absolute Gasteiger partial charge is 0.497 e. The number of hydrogen-bond donors (Lipinski definition) is 0. The number of nitrogens with zero attached hydrogens (tertiary/aromatic N) is 1. The van der Waals surface area contributed by atoms with Crippen LogP contribution in [0.3, 0.4) is 0 Å². The maximum absolute atomic E-state index is 9.35. The summed E-state index contributed by atoms with van der Waals surface area (Å²) in [6.07, 6.45) is 2.90. The van der Waals surface area contributed by atoms with Crippen LogP contribution in [0, 0.1) is 11.3 Å². The number of methoxy groups -OCH3 is 1. The molecule has 0 bridgehead atoms. The van der Waals surface area contributed by atoms with Gasteiger partial charge in [0, 0.05) is 0 Å². The average Bonchev–Trinajstić information content (AvgIpc) is 2.52. The number of aryl methyl sites for hydroxylation is 1. The first-order valence-electron chi connectivity index (χ1n) is 6.91. The molecule has 1 unspecified atom stereocenters. The smallest absolute Gasteiger partial charge is 0.119 e. The summed E-state index contributed by atoms with van der Waals surface area (Å²) >= 11 is 0. The zero-order valence-electron chi connectivity index (χ0n) is 11.8. The van der Waals surface area contributed by atoms with E-state index >= 15 is 0 Å². The van der Waals surface area contributed by atoms with Gasteiger partial charge in [-0.15, -0.1) is 0 Å². The van der Waals surface area contributed by atoms with Gasteiger partial charge in [0.15, 0.2) is 0 Å². The fourth-order valence-electron chi connectivity index (χ4n) is 2.32. The van der Waals surface area contributed by atoms with Crippen LogP contribution in [-0.2, 0) is 6.42 Å². The third-order valence-corrected chi connectivity index (χ3v) is 3.45. The normalized spacial score (nSPS) is 11.6. The lowest BCUT2D eigenvalue weighted by molar-refractivity contribution is 0.414. The van der Waals surface area contributed by atoms with Gasteiger partial charge < -0.3 is 4.74 Å². The second kappa shape index (κ2) is 7.35. The zero-order valence-corrected chi connectivity index (χ0v) is 11.8. The van der Waals surface area contributed by atoms with Crippen LogP contribution >= 0.6 is 0 Å². The van der Waals surface area contributed by atoms with Gasteiger partial charge in [-0.3, -0.25) is 0 Å². The van der Waals surface area contributed by atoms with Crippen molar-refractivity contribution in [3.63, 3.8) is 0 Å². The Labute approximate surface area is 120 Å². The van der Waals surface area contributed by atoms with E-state index in [1.807, 2.05) is 30.3 Å². The minimum absolute atomic E-state index is 0.0613. The third kappa shape index (κ3) is 3.86. The van der Waals surface area contributed by atoms with Crippen molar-refractivity contribution < 1.29 is 4.74 Å². The second-order valence-electron chi connectivity index (χ2n) is 4.84. The molecular formula is C18H19NO. The first-order chi connectivity index (χ1) is 9.83. The van der Waals surface area contributed by atoms with Crippen molar-refractivity contribution >= 4 is 0 Å². The molecule has 1 atom stereocenters. The van der Waals surface area contributed by atoms with Gasteiger partial charge >= 0.3 is 0 Å². The van der Waals surface area contributed by atoms with Crippen molar-refractivity contribution in [2.75, 3.05) is 7.11 Å². The summed E-state index contributed by atoms with van der Waals surface area (Å²) in [5.74, 6) is 0.750. The molecule has 20 heavy (non-hydrogen) atoms. The van der Waals surface area contributed by atoms with Gasteiger partial charge in [-0.1, -0.05) is 42.5 Å². The number of rotatable bonds is 6. The number of benzene rings is 2. The van der Waals surface area contributed by atoms with Gasteiger partial charge in [-0.25, -0.2) is 0 Å². The van der Waals surface area contributed by atoms with E-state index in [0.29, 0.717) is 0 Å². The topological polar surface area (TPSA) is 33.0 Å². The Balaban J connectivity index is 1.94. The predicted molar refractivity (Wildman–Crippen MR) is 80.7 cm³/mol. The standard InChI is InChI=1S/C18H19NO/c1-20-18-12-6-10-16(13-18)17(14-19)11-5-9-15-7-3-2-4-8-15/h2-4,6-8,10,12-13,17H,5,9,11H2,1H3. The number of ether oxygens (including phenoxy) is 1. The van der Waals surface area contributed by atoms with Crippen LogP contribution < -0.4 is 4.74 Å². The van der Waals surface area contributed by atoms with Crippen LogP contribution in [0.25, 0.3) is 0 Å². The summed E-state index contributed by atoms with van der Waals surface area (Å²) in [6, 6.07) is 20.6. The Hall–Kier alpha value is -2.27. The molecule has 0 aliphatic rings. The Bertz CT molecular complexity index is 571. The molecule has 2 rings (SSSR count). The van der Waals surface area contributed by atoms with Gasteiger partial charge in [-0.2, -0.15) is 5.26 Å². The van der Waals surface area contributed by atoms with Crippen LogP contribution in [0.2, 0.25) is 0 Å². The van der Waals surface area contributed by atoms with Crippen LogP contribution in [-0.4, -0.2) is 7.11 Å². The minimum Gasteiger partial charge on any atom is -0.497 e. The highest BCUT2D eigenvalue weighted by molar-refractivity contribution is 5.33. The van der Waals surface area contributed by atoms with E-state index in [1.165, 1.54) is 5.56 Å². The van der Waals surface area contributed by atoms with Crippen LogP contribution in [0.5, 0.6) is 5.75 Å². The second-order valence-corrected chi connectivity index (χ2v) is 4.84. The molecular weight excluding hydrogens is 246 g/mol. The first-order valence-corrected chi connectivity index (χ1v) is 6.91. The maximum Gasteiger partial charge on any atom is 0.119 e. The molecule has 0 saturated carbocycles. The van der Waals surface area contributed by atoms with E-state index < -0.39 is 0 Å². The van der Waals surface area contributed by atoms with E-state index in [9.17, 15) is 5.26 Å². The first kappa shape index (κ1) is 14.1. The van der Waals surface area contributed by atoms with Gasteiger partial charge in [0.1, 0.15) is 5.75 Å². The molecule has 0 radical (unpaired) electrons. The number of nitriles is 1. The molecule has 102 valence electrons. The monoisotopic (exact) mass is 265 g/mol. The molecule has 0 saturated heterocycles. The van der Waals surface area contributed by atoms with Crippen molar-refractivity contribution in [3.8, 4) is 11.8 Å². The SMILES string of the molecule is COc1cccc(C(C#N)CCCc2ccccc2)c1. The molecule has 2 heteroatoms. The Morgan fingerprint density at radius 1 is 1.10 bits per heavy atom. The summed E-state index contributed by atoms with van der Waals surface area (Å²) < 4.78 is 5.21. The van der Waals surface area contributed by atoms with Crippen molar-refractivity contribution in [1.29, 1.82) is 5.26 Å². The Kier molecular flexibility index (Phi) is 5.20. The molecule has 2 nitrogen and oxygen atoms in total. The van der Waals surface area contributed by atoms with E-state index in [4.69, 9.17) is 4.74 Å². The summed E-state index contributed by atoms with van der Waals surface area (Å²) in [5, 5.41) is 9.35. The Morgan fingerprint density at radius 2 is 1.90 bits per heavy atom. The minimum atomic E-state index is -0.0613. The molecule has 0 heterocycles. The highest BCUT2D eigenvalue weighted by Crippen LogP contribution is 2.24. The number of hydrogen-bond acceptors (Lipinski definition) is 2. The molecule has 0 aliphatic carbocycles. The van der Waals surface area contributed by atoms with E-state index in [1.54, 1.807) is 7.11 Å². The molecule has 0 amide bonds. The molecule has 2 aromatic carbocycles. The zero-order chi connectivity index (χ0) is 14.2. The predicted octanol–water partition coefficient (Wildman–Crippen LogP) is 4.33. The lowest BCUT2D eigenvalue weighted by Crippen LogP contribution is -1.98. The Morgan fingerprint density at radius 3 is 2.60 bits per heavy atom. The molecule has 0 aliphatic heterocycles. The van der Waals surface area contributed by atoms with Crippen molar-refractivity contribution in [2.24, 2.45) is 0 Å². The van der Waals surface area contributed by atoms with Crippen LogP contribution in [0.1, 0.15) is 29.9 Å². The fourth-order valence-corrected chi connectivity index (χ4v) is 2.32. The lowest BCUT2D eigenvalue weighted by atomic mass is 9.93. The highest BCUT2D eigenvalue weighted by Gasteiger charge is 2.11. The van der Waals surface area contributed by atoms with Crippen molar-refractivity contribution in [3.05, 3.63) is 65.7 Å². The quantitative estimate of drug-likeness (QED) is 0.779. The maximum atomic E-state index is 9.35.